The molecule has 1 N–H and O–H groups in total. The third kappa shape index (κ3) is 3.47. The zero-order valence-corrected chi connectivity index (χ0v) is 14.9. The van der Waals surface area contributed by atoms with E-state index in [-0.39, 0.29) is 18.5 Å². The predicted molar refractivity (Wildman–Crippen MR) is 95.6 cm³/mol. The smallest absolute Gasteiger partial charge is 0.262 e. The first kappa shape index (κ1) is 17.3. The van der Waals surface area contributed by atoms with Crippen molar-refractivity contribution in [3.8, 4) is 0 Å². The minimum atomic E-state index is -0.418. The molecule has 130 valence electrons. The van der Waals surface area contributed by atoms with Gasteiger partial charge in [-0.1, -0.05) is 18.2 Å². The van der Waals surface area contributed by atoms with Crippen molar-refractivity contribution < 1.29 is 14.4 Å². The van der Waals surface area contributed by atoms with E-state index in [1.54, 1.807) is 35.6 Å². The normalized spacial score (nSPS) is 14.8. The molecule has 0 radical (unpaired) electrons. The van der Waals surface area contributed by atoms with Gasteiger partial charge in [-0.15, -0.1) is 11.3 Å². The van der Waals surface area contributed by atoms with Crippen molar-refractivity contribution in [2.24, 2.45) is 0 Å². The molecule has 0 saturated carbocycles. The summed E-state index contributed by atoms with van der Waals surface area (Å²) in [6.45, 7) is 0.145. The Bertz CT molecular complexity index is 767. The highest BCUT2D eigenvalue weighted by Gasteiger charge is 2.36. The molecule has 1 aromatic carbocycles. The van der Waals surface area contributed by atoms with Crippen molar-refractivity contribution in [3.05, 3.63) is 57.8 Å². The topological polar surface area (TPSA) is 69.7 Å². The molecular weight excluding hydrogens is 338 g/mol. The Labute approximate surface area is 150 Å². The summed E-state index contributed by atoms with van der Waals surface area (Å²) < 4.78 is 0. The van der Waals surface area contributed by atoms with Crippen molar-refractivity contribution in [3.63, 3.8) is 0 Å². The Morgan fingerprint density at radius 3 is 2.28 bits per heavy atom. The number of fused-ring (bicyclic) bond motifs is 1. The summed E-state index contributed by atoms with van der Waals surface area (Å²) in [5, 5.41) is 4.82. The van der Waals surface area contributed by atoms with Crippen LogP contribution < -0.4 is 5.32 Å². The molecule has 0 saturated heterocycles. The molecule has 3 rings (SSSR count). The van der Waals surface area contributed by atoms with Gasteiger partial charge in [-0.25, -0.2) is 0 Å². The van der Waals surface area contributed by atoms with Gasteiger partial charge in [0, 0.05) is 11.4 Å². The van der Waals surface area contributed by atoms with E-state index in [1.807, 2.05) is 36.5 Å². The van der Waals surface area contributed by atoms with Crippen molar-refractivity contribution in [1.82, 2.24) is 15.1 Å². The van der Waals surface area contributed by atoms with Crippen LogP contribution in [0.15, 0.2) is 41.8 Å². The standard InChI is InChI=1S/C18H19N3O3S/c1-20(2)14(15-8-5-9-25-15)10-19-16(22)11-21-17(23)12-6-3-4-7-13(12)18(21)24/h3-9,14H,10-11H2,1-2H3,(H,19,22)/t14-/m1/s1. The van der Waals surface area contributed by atoms with Crippen molar-refractivity contribution >= 4 is 29.1 Å². The molecule has 3 amide bonds. The number of hydrogen-bond donors (Lipinski definition) is 1. The molecule has 0 fully saturated rings. The van der Waals surface area contributed by atoms with E-state index in [2.05, 4.69) is 5.32 Å². The monoisotopic (exact) mass is 357 g/mol. The van der Waals surface area contributed by atoms with Crippen molar-refractivity contribution in [2.45, 2.75) is 6.04 Å². The van der Waals surface area contributed by atoms with Gasteiger partial charge in [0.1, 0.15) is 6.54 Å². The summed E-state index contributed by atoms with van der Waals surface area (Å²) >= 11 is 1.62. The number of hydrogen-bond acceptors (Lipinski definition) is 5. The van der Waals surface area contributed by atoms with E-state index in [0.29, 0.717) is 17.7 Å². The van der Waals surface area contributed by atoms with Crippen LogP contribution in [0.25, 0.3) is 0 Å². The van der Waals surface area contributed by atoms with Gasteiger partial charge in [0.05, 0.1) is 17.2 Å². The quantitative estimate of drug-likeness (QED) is 0.800. The van der Waals surface area contributed by atoms with Crippen LogP contribution in [0.2, 0.25) is 0 Å². The Morgan fingerprint density at radius 1 is 1.12 bits per heavy atom. The summed E-state index contributed by atoms with van der Waals surface area (Å²) in [5.41, 5.74) is 0.704. The molecule has 0 unspecified atom stereocenters. The van der Waals surface area contributed by atoms with Gasteiger partial charge in [-0.05, 0) is 37.7 Å². The number of imide groups is 1. The Morgan fingerprint density at radius 2 is 1.76 bits per heavy atom. The maximum absolute atomic E-state index is 12.3. The largest absolute Gasteiger partial charge is 0.353 e. The lowest BCUT2D eigenvalue weighted by atomic mass is 10.1. The van der Waals surface area contributed by atoms with Crippen molar-refractivity contribution in [1.29, 1.82) is 0 Å². The minimum Gasteiger partial charge on any atom is -0.353 e. The molecule has 0 spiro atoms. The van der Waals surface area contributed by atoms with Gasteiger partial charge in [0.25, 0.3) is 11.8 Å². The average Bonchev–Trinajstić information content (AvgIpc) is 3.19. The fourth-order valence-corrected chi connectivity index (χ4v) is 3.73. The van der Waals surface area contributed by atoms with Gasteiger partial charge in [0.2, 0.25) is 5.91 Å². The number of amides is 3. The second-order valence-corrected chi connectivity index (χ2v) is 7.02. The lowest BCUT2D eigenvalue weighted by Gasteiger charge is -2.24. The van der Waals surface area contributed by atoms with Crippen LogP contribution in [0.4, 0.5) is 0 Å². The van der Waals surface area contributed by atoms with Gasteiger partial charge in [-0.2, -0.15) is 0 Å². The third-order valence-corrected chi connectivity index (χ3v) is 5.14. The summed E-state index contributed by atoms with van der Waals surface area (Å²) in [4.78, 5) is 41.0. The highest BCUT2D eigenvalue weighted by atomic mass is 32.1. The first-order valence-corrected chi connectivity index (χ1v) is 8.78. The summed E-state index contributed by atoms with van der Waals surface area (Å²) in [6.07, 6.45) is 0. The molecule has 1 aliphatic rings. The van der Waals surface area contributed by atoms with Crippen LogP contribution in [0, 0.1) is 0 Å². The molecule has 1 aliphatic heterocycles. The van der Waals surface area contributed by atoms with Crippen LogP contribution >= 0.6 is 11.3 Å². The van der Waals surface area contributed by atoms with E-state index in [1.165, 1.54) is 0 Å². The molecule has 7 heteroatoms. The van der Waals surface area contributed by atoms with Crippen LogP contribution in [0.5, 0.6) is 0 Å². The van der Waals surface area contributed by atoms with Crippen LogP contribution in [0.1, 0.15) is 31.6 Å². The number of benzene rings is 1. The molecule has 2 aromatic rings. The summed E-state index contributed by atoms with van der Waals surface area (Å²) in [5.74, 6) is -1.19. The zero-order valence-electron chi connectivity index (χ0n) is 14.1. The average molecular weight is 357 g/mol. The number of nitrogens with one attached hydrogen (secondary N) is 1. The molecule has 6 nitrogen and oxygen atoms in total. The number of carbonyl (C=O) groups is 3. The number of nitrogens with zero attached hydrogens (tertiary/aromatic N) is 2. The Kier molecular flexibility index (Phi) is 4.96. The number of carbonyl (C=O) groups excluding carboxylic acids is 3. The van der Waals surface area contributed by atoms with E-state index in [0.717, 1.165) is 9.78 Å². The van der Waals surface area contributed by atoms with E-state index >= 15 is 0 Å². The van der Waals surface area contributed by atoms with Crippen LogP contribution in [-0.2, 0) is 4.79 Å². The molecule has 1 aromatic heterocycles. The van der Waals surface area contributed by atoms with E-state index < -0.39 is 11.8 Å². The van der Waals surface area contributed by atoms with E-state index in [4.69, 9.17) is 0 Å². The van der Waals surface area contributed by atoms with Gasteiger partial charge in [0.15, 0.2) is 0 Å². The highest BCUT2D eigenvalue weighted by Crippen LogP contribution is 2.23. The first-order chi connectivity index (χ1) is 12.0. The lowest BCUT2D eigenvalue weighted by Crippen LogP contribution is -2.42. The molecular formula is C18H19N3O3S. The van der Waals surface area contributed by atoms with Crippen LogP contribution in [0.3, 0.4) is 0 Å². The highest BCUT2D eigenvalue weighted by molar-refractivity contribution is 7.10. The number of thiophene rings is 1. The predicted octanol–water partition coefficient (Wildman–Crippen LogP) is 1.76. The summed E-state index contributed by atoms with van der Waals surface area (Å²) in [7, 11) is 3.89. The fraction of sp³-hybridized carbons (Fsp3) is 0.278. The summed E-state index contributed by atoms with van der Waals surface area (Å²) in [6, 6.07) is 10.7. The fourth-order valence-electron chi connectivity index (χ4n) is 2.81. The molecule has 0 aliphatic carbocycles. The van der Waals surface area contributed by atoms with E-state index in [9.17, 15) is 14.4 Å². The molecule has 25 heavy (non-hydrogen) atoms. The van der Waals surface area contributed by atoms with Gasteiger partial charge < -0.3 is 10.2 Å². The second-order valence-electron chi connectivity index (χ2n) is 6.04. The van der Waals surface area contributed by atoms with Crippen LogP contribution in [-0.4, -0.2) is 54.7 Å². The minimum absolute atomic E-state index is 0.0473. The number of likely N-dealkylation sites (N-methyl/N-ethyl adjacent to an activating group) is 1. The molecule has 1 atom stereocenters. The maximum Gasteiger partial charge on any atom is 0.262 e. The first-order valence-electron chi connectivity index (χ1n) is 7.90. The van der Waals surface area contributed by atoms with Gasteiger partial charge >= 0.3 is 0 Å². The Hall–Kier alpha value is -2.51. The maximum atomic E-state index is 12.3. The molecule has 0 bridgehead atoms. The lowest BCUT2D eigenvalue weighted by molar-refractivity contribution is -0.121. The molecule has 2 heterocycles. The third-order valence-electron chi connectivity index (χ3n) is 4.17. The Balaban J connectivity index is 1.62. The zero-order chi connectivity index (χ0) is 18.0. The SMILES string of the molecule is CN(C)[C@H](CNC(=O)CN1C(=O)c2ccccc2C1=O)c1cccs1. The number of rotatable bonds is 6. The second kappa shape index (κ2) is 7.16. The van der Waals surface area contributed by atoms with Gasteiger partial charge in [-0.3, -0.25) is 19.3 Å². The van der Waals surface area contributed by atoms with Crippen molar-refractivity contribution in [2.75, 3.05) is 27.2 Å².